The van der Waals surface area contributed by atoms with Crippen LogP contribution in [0.5, 0.6) is 0 Å². The molecule has 90 valence electrons. The summed E-state index contributed by atoms with van der Waals surface area (Å²) in [5.41, 5.74) is 2.58. The van der Waals surface area contributed by atoms with Crippen molar-refractivity contribution in [1.82, 2.24) is 10.2 Å². The first-order chi connectivity index (χ1) is 7.76. The summed E-state index contributed by atoms with van der Waals surface area (Å²) in [7, 11) is 0. The Morgan fingerprint density at radius 2 is 2.00 bits per heavy atom. The van der Waals surface area contributed by atoms with Gasteiger partial charge in [-0.15, -0.1) is 0 Å². The third-order valence-corrected chi connectivity index (χ3v) is 2.95. The lowest BCUT2D eigenvalue weighted by molar-refractivity contribution is 0.261. The summed E-state index contributed by atoms with van der Waals surface area (Å²) >= 11 is 0. The second-order valence-corrected chi connectivity index (χ2v) is 4.23. The van der Waals surface area contributed by atoms with Crippen LogP contribution in [0.4, 0.5) is 0 Å². The quantitative estimate of drug-likeness (QED) is 0.716. The van der Waals surface area contributed by atoms with Crippen molar-refractivity contribution < 1.29 is 0 Å². The molecule has 1 fully saturated rings. The Kier molecular flexibility index (Phi) is 6.12. The van der Waals surface area contributed by atoms with E-state index in [9.17, 15) is 0 Å². The number of allylic oxidation sites excluding steroid dienone is 3. The highest BCUT2D eigenvalue weighted by molar-refractivity contribution is 5.26. The van der Waals surface area contributed by atoms with Crippen molar-refractivity contribution in [3.05, 3.63) is 36.0 Å². The van der Waals surface area contributed by atoms with E-state index in [-0.39, 0.29) is 0 Å². The number of nitrogens with one attached hydrogen (secondary N) is 1. The molecule has 0 amide bonds. The molecule has 1 saturated heterocycles. The van der Waals surface area contributed by atoms with Gasteiger partial charge in [-0.25, -0.2) is 0 Å². The fourth-order valence-electron chi connectivity index (χ4n) is 1.85. The lowest BCUT2D eigenvalue weighted by Gasteiger charge is -2.27. The van der Waals surface area contributed by atoms with Gasteiger partial charge in [0.15, 0.2) is 0 Å². The van der Waals surface area contributed by atoms with Gasteiger partial charge in [-0.1, -0.05) is 37.3 Å². The van der Waals surface area contributed by atoms with Crippen LogP contribution in [0.2, 0.25) is 0 Å². The van der Waals surface area contributed by atoms with Gasteiger partial charge in [0, 0.05) is 32.7 Å². The van der Waals surface area contributed by atoms with Crippen molar-refractivity contribution in [3.8, 4) is 0 Å². The highest BCUT2D eigenvalue weighted by atomic mass is 15.2. The average molecular weight is 220 g/mol. The van der Waals surface area contributed by atoms with E-state index >= 15 is 0 Å². The van der Waals surface area contributed by atoms with Gasteiger partial charge in [0.2, 0.25) is 0 Å². The van der Waals surface area contributed by atoms with Crippen LogP contribution < -0.4 is 5.32 Å². The molecule has 0 radical (unpaired) electrons. The number of piperazine rings is 1. The minimum Gasteiger partial charge on any atom is -0.314 e. The van der Waals surface area contributed by atoms with Gasteiger partial charge >= 0.3 is 0 Å². The Bertz CT molecular complexity index is 270. The molecule has 0 atom stereocenters. The highest BCUT2D eigenvalue weighted by Gasteiger charge is 2.08. The molecule has 0 spiro atoms. The number of nitrogens with zero attached hydrogens (tertiary/aromatic N) is 1. The molecule has 2 heteroatoms. The van der Waals surface area contributed by atoms with Crippen LogP contribution >= 0.6 is 0 Å². The predicted molar refractivity (Wildman–Crippen MR) is 71.6 cm³/mol. The first kappa shape index (κ1) is 13.2. The molecule has 0 aliphatic carbocycles. The third-order valence-electron chi connectivity index (χ3n) is 2.95. The number of hydrogen-bond acceptors (Lipinski definition) is 2. The Hall–Kier alpha value is -0.860. The molecule has 0 aromatic carbocycles. The van der Waals surface area contributed by atoms with E-state index in [1.165, 1.54) is 11.1 Å². The van der Waals surface area contributed by atoms with Gasteiger partial charge in [-0.05, 0) is 18.9 Å². The van der Waals surface area contributed by atoms with Gasteiger partial charge in [-0.2, -0.15) is 0 Å². The van der Waals surface area contributed by atoms with Gasteiger partial charge in [0.05, 0.1) is 0 Å². The smallest absolute Gasteiger partial charge is 0.0228 e. The monoisotopic (exact) mass is 220 g/mol. The third kappa shape index (κ3) is 4.77. The van der Waals surface area contributed by atoms with Crippen LogP contribution in [-0.2, 0) is 0 Å². The maximum atomic E-state index is 4.11. The minimum atomic E-state index is 0.999. The molecular weight excluding hydrogens is 196 g/mol. The Labute approximate surface area is 99.7 Å². The van der Waals surface area contributed by atoms with E-state index in [2.05, 4.69) is 48.9 Å². The van der Waals surface area contributed by atoms with E-state index in [1.54, 1.807) is 0 Å². The summed E-state index contributed by atoms with van der Waals surface area (Å²) in [4.78, 5) is 2.45. The minimum absolute atomic E-state index is 0.999. The Morgan fingerprint density at radius 1 is 1.31 bits per heavy atom. The van der Waals surface area contributed by atoms with Crippen molar-refractivity contribution in [2.45, 2.75) is 20.3 Å². The van der Waals surface area contributed by atoms with Crippen LogP contribution in [0, 0.1) is 0 Å². The van der Waals surface area contributed by atoms with Crippen LogP contribution in [0.1, 0.15) is 20.3 Å². The van der Waals surface area contributed by atoms with Crippen LogP contribution in [0.25, 0.3) is 0 Å². The summed E-state index contributed by atoms with van der Waals surface area (Å²) in [6, 6.07) is 0. The van der Waals surface area contributed by atoms with Crippen molar-refractivity contribution in [2.24, 2.45) is 0 Å². The maximum Gasteiger partial charge on any atom is 0.0228 e. The lowest BCUT2D eigenvalue weighted by atomic mass is 10.1. The second kappa shape index (κ2) is 7.42. The van der Waals surface area contributed by atoms with Crippen molar-refractivity contribution in [2.75, 3.05) is 32.7 Å². The van der Waals surface area contributed by atoms with Crippen molar-refractivity contribution in [3.63, 3.8) is 0 Å². The van der Waals surface area contributed by atoms with Crippen LogP contribution in [0.15, 0.2) is 36.0 Å². The molecule has 0 bridgehead atoms. The zero-order valence-corrected chi connectivity index (χ0v) is 10.6. The normalized spacial score (nSPS) is 19.2. The second-order valence-electron chi connectivity index (χ2n) is 4.23. The molecule has 16 heavy (non-hydrogen) atoms. The fourth-order valence-corrected chi connectivity index (χ4v) is 1.85. The predicted octanol–water partition coefficient (Wildman–Crippen LogP) is 2.36. The zero-order valence-electron chi connectivity index (χ0n) is 10.6. The van der Waals surface area contributed by atoms with Gasteiger partial charge < -0.3 is 5.32 Å². The van der Waals surface area contributed by atoms with Crippen LogP contribution in [-0.4, -0.2) is 37.6 Å². The SMILES string of the molecule is C=C(/C=C\C(=C/C)CC)CN1CCNCC1. The number of rotatable bonds is 5. The summed E-state index contributed by atoms with van der Waals surface area (Å²) in [5, 5.41) is 3.36. The molecule has 1 aliphatic heterocycles. The molecule has 0 aromatic rings. The van der Waals surface area contributed by atoms with Gasteiger partial charge in [0.25, 0.3) is 0 Å². The molecule has 1 rings (SSSR count). The fraction of sp³-hybridized carbons (Fsp3) is 0.571. The maximum absolute atomic E-state index is 4.11. The Morgan fingerprint density at radius 3 is 2.56 bits per heavy atom. The molecule has 0 aromatic heterocycles. The zero-order chi connectivity index (χ0) is 11.8. The number of hydrogen-bond donors (Lipinski definition) is 1. The summed E-state index contributed by atoms with van der Waals surface area (Å²) in [6.07, 6.45) is 7.59. The van der Waals surface area contributed by atoms with Gasteiger partial charge in [0.1, 0.15) is 0 Å². The highest BCUT2D eigenvalue weighted by Crippen LogP contribution is 2.06. The molecule has 0 saturated carbocycles. The Balaban J connectivity index is 2.34. The standard InChI is InChI=1S/C14H24N2/c1-4-14(5-2)7-6-13(3)12-16-10-8-15-9-11-16/h4,6-7,15H,3,5,8-12H2,1-2H3/b7-6-,14-4-. The lowest BCUT2D eigenvalue weighted by Crippen LogP contribution is -2.43. The van der Waals surface area contributed by atoms with E-state index in [4.69, 9.17) is 0 Å². The summed E-state index contributed by atoms with van der Waals surface area (Å²) in [6.45, 7) is 13.9. The molecule has 1 aliphatic rings. The first-order valence-electron chi connectivity index (χ1n) is 6.20. The topological polar surface area (TPSA) is 15.3 Å². The molecule has 0 unspecified atom stereocenters. The molecule has 2 nitrogen and oxygen atoms in total. The van der Waals surface area contributed by atoms with Crippen LogP contribution in [0.3, 0.4) is 0 Å². The summed E-state index contributed by atoms with van der Waals surface area (Å²) in [5.74, 6) is 0. The molecule has 1 heterocycles. The van der Waals surface area contributed by atoms with E-state index in [0.717, 1.165) is 39.1 Å². The van der Waals surface area contributed by atoms with Gasteiger partial charge in [-0.3, -0.25) is 4.90 Å². The molecular formula is C14H24N2. The van der Waals surface area contributed by atoms with E-state index in [0.29, 0.717) is 0 Å². The van der Waals surface area contributed by atoms with E-state index in [1.807, 2.05) is 0 Å². The van der Waals surface area contributed by atoms with Crippen molar-refractivity contribution in [1.29, 1.82) is 0 Å². The van der Waals surface area contributed by atoms with Crippen molar-refractivity contribution >= 4 is 0 Å². The average Bonchev–Trinajstić information content (AvgIpc) is 2.31. The summed E-state index contributed by atoms with van der Waals surface area (Å²) < 4.78 is 0. The largest absolute Gasteiger partial charge is 0.314 e. The molecule has 1 N–H and O–H groups in total. The van der Waals surface area contributed by atoms with E-state index < -0.39 is 0 Å². The first-order valence-corrected chi connectivity index (χ1v) is 6.20.